The second-order valence-corrected chi connectivity index (χ2v) is 6.59. The Morgan fingerprint density at radius 3 is 3.00 bits per heavy atom. The van der Waals surface area contributed by atoms with Crippen LogP contribution >= 0.6 is 0 Å². The molecule has 0 spiro atoms. The van der Waals surface area contributed by atoms with E-state index in [-0.39, 0.29) is 23.0 Å². The standard InChI is InChI=1S/C18H20N6O3/c1-11-19-16-15(17(25)20-11)21-22-24(16)10-12-6-5-9-23(12)18(26)13-7-3-4-8-14(13)27-2/h3-4,7-8,12H,5-6,9-10H2,1-2H3,(H,19,20,25)/t12-/m1/s1. The van der Waals surface area contributed by atoms with Crippen LogP contribution in [0.15, 0.2) is 29.1 Å². The van der Waals surface area contributed by atoms with Crippen molar-refractivity contribution in [2.24, 2.45) is 0 Å². The summed E-state index contributed by atoms with van der Waals surface area (Å²) in [6, 6.07) is 7.16. The van der Waals surface area contributed by atoms with Gasteiger partial charge in [-0.05, 0) is 31.9 Å². The van der Waals surface area contributed by atoms with Crippen LogP contribution in [0.1, 0.15) is 29.0 Å². The molecule has 1 aliphatic rings. The van der Waals surface area contributed by atoms with Crippen LogP contribution < -0.4 is 10.3 Å². The molecule has 1 N–H and O–H groups in total. The number of aromatic amines is 1. The molecule has 1 atom stereocenters. The molecule has 3 heterocycles. The maximum absolute atomic E-state index is 13.1. The lowest BCUT2D eigenvalue weighted by atomic mass is 10.1. The molecule has 0 bridgehead atoms. The smallest absolute Gasteiger partial charge is 0.281 e. The van der Waals surface area contributed by atoms with Crippen molar-refractivity contribution in [3.05, 3.63) is 46.0 Å². The normalized spacial score (nSPS) is 16.8. The van der Waals surface area contributed by atoms with Gasteiger partial charge in [0.05, 0.1) is 25.3 Å². The van der Waals surface area contributed by atoms with Crippen molar-refractivity contribution in [3.8, 4) is 5.75 Å². The second-order valence-electron chi connectivity index (χ2n) is 6.59. The molecule has 1 aliphatic heterocycles. The summed E-state index contributed by atoms with van der Waals surface area (Å²) in [6.45, 7) is 2.82. The van der Waals surface area contributed by atoms with Gasteiger partial charge in [-0.25, -0.2) is 9.67 Å². The average Bonchev–Trinajstić information content (AvgIpc) is 3.29. The van der Waals surface area contributed by atoms with Crippen molar-refractivity contribution < 1.29 is 9.53 Å². The minimum atomic E-state index is -0.308. The third kappa shape index (κ3) is 3.05. The highest BCUT2D eigenvalue weighted by molar-refractivity contribution is 5.97. The van der Waals surface area contributed by atoms with E-state index in [1.165, 1.54) is 0 Å². The SMILES string of the molecule is COc1ccccc1C(=O)N1CCC[C@@H]1Cn1nnc2c(=O)[nH]c(C)nc21. The van der Waals surface area contributed by atoms with E-state index in [4.69, 9.17) is 4.74 Å². The average molecular weight is 368 g/mol. The number of nitrogens with one attached hydrogen (secondary N) is 1. The van der Waals surface area contributed by atoms with Crippen LogP contribution in [0.25, 0.3) is 11.2 Å². The van der Waals surface area contributed by atoms with Gasteiger partial charge in [0.2, 0.25) is 0 Å². The zero-order valence-corrected chi connectivity index (χ0v) is 15.2. The topological polar surface area (TPSA) is 106 Å². The second kappa shape index (κ2) is 6.82. The summed E-state index contributed by atoms with van der Waals surface area (Å²) < 4.78 is 6.94. The van der Waals surface area contributed by atoms with Crippen LogP contribution in [0.3, 0.4) is 0 Å². The number of carbonyl (C=O) groups excluding carboxylic acids is 1. The van der Waals surface area contributed by atoms with Crippen molar-refractivity contribution in [1.29, 1.82) is 0 Å². The number of ether oxygens (including phenoxy) is 1. The summed E-state index contributed by atoms with van der Waals surface area (Å²) in [4.78, 5) is 33.9. The van der Waals surface area contributed by atoms with E-state index in [2.05, 4.69) is 20.3 Å². The first-order valence-corrected chi connectivity index (χ1v) is 8.82. The van der Waals surface area contributed by atoms with Crippen molar-refractivity contribution in [2.45, 2.75) is 32.4 Å². The van der Waals surface area contributed by atoms with Gasteiger partial charge < -0.3 is 14.6 Å². The van der Waals surface area contributed by atoms with Crippen molar-refractivity contribution in [3.63, 3.8) is 0 Å². The predicted molar refractivity (Wildman–Crippen MR) is 97.7 cm³/mol. The summed E-state index contributed by atoms with van der Waals surface area (Å²) in [5.74, 6) is 0.994. The Morgan fingerprint density at radius 1 is 1.37 bits per heavy atom. The van der Waals surface area contributed by atoms with E-state index in [0.717, 1.165) is 12.8 Å². The number of H-pyrrole nitrogens is 1. The quantitative estimate of drug-likeness (QED) is 0.740. The third-order valence-electron chi connectivity index (χ3n) is 4.85. The van der Waals surface area contributed by atoms with Crippen LogP contribution in [0.4, 0.5) is 0 Å². The Kier molecular flexibility index (Phi) is 4.35. The molecular formula is C18H20N6O3. The van der Waals surface area contributed by atoms with Gasteiger partial charge in [0.1, 0.15) is 11.6 Å². The van der Waals surface area contributed by atoms with Crippen LogP contribution in [0.2, 0.25) is 0 Å². The molecule has 1 aromatic carbocycles. The van der Waals surface area contributed by atoms with Crippen LogP contribution in [0, 0.1) is 6.92 Å². The minimum Gasteiger partial charge on any atom is -0.496 e. The number of hydrogen-bond donors (Lipinski definition) is 1. The highest BCUT2D eigenvalue weighted by Gasteiger charge is 2.31. The molecule has 4 rings (SSSR count). The molecule has 27 heavy (non-hydrogen) atoms. The van der Waals surface area contributed by atoms with Gasteiger partial charge in [-0.2, -0.15) is 0 Å². The highest BCUT2D eigenvalue weighted by atomic mass is 16.5. The van der Waals surface area contributed by atoms with Gasteiger partial charge in [-0.15, -0.1) is 5.10 Å². The lowest BCUT2D eigenvalue weighted by molar-refractivity contribution is 0.0718. The number of carbonyl (C=O) groups is 1. The fourth-order valence-corrected chi connectivity index (χ4v) is 3.57. The molecule has 1 saturated heterocycles. The Balaban J connectivity index is 1.63. The number of rotatable bonds is 4. The Hall–Kier alpha value is -3.23. The number of likely N-dealkylation sites (tertiary alicyclic amines) is 1. The first kappa shape index (κ1) is 17.2. The zero-order valence-electron chi connectivity index (χ0n) is 15.2. The summed E-state index contributed by atoms with van der Waals surface area (Å²) >= 11 is 0. The summed E-state index contributed by atoms with van der Waals surface area (Å²) in [5, 5.41) is 8.02. The van der Waals surface area contributed by atoms with Crippen LogP contribution in [-0.4, -0.2) is 55.5 Å². The monoisotopic (exact) mass is 368 g/mol. The molecule has 140 valence electrons. The Morgan fingerprint density at radius 2 is 2.19 bits per heavy atom. The highest BCUT2D eigenvalue weighted by Crippen LogP contribution is 2.26. The van der Waals surface area contributed by atoms with E-state index in [1.807, 2.05) is 17.0 Å². The number of para-hydroxylation sites is 1. The van der Waals surface area contributed by atoms with Crippen molar-refractivity contribution in [1.82, 2.24) is 29.9 Å². The van der Waals surface area contributed by atoms with E-state index in [1.54, 1.807) is 30.8 Å². The van der Waals surface area contributed by atoms with Crippen molar-refractivity contribution >= 4 is 17.1 Å². The van der Waals surface area contributed by atoms with Gasteiger partial charge in [0.15, 0.2) is 11.2 Å². The predicted octanol–water partition coefficient (Wildman–Crippen LogP) is 1.14. The molecule has 0 unspecified atom stereocenters. The first-order valence-electron chi connectivity index (χ1n) is 8.82. The number of amides is 1. The number of aromatic nitrogens is 5. The van der Waals surface area contributed by atoms with Crippen LogP contribution in [0.5, 0.6) is 5.75 Å². The van der Waals surface area contributed by atoms with Gasteiger partial charge in [-0.3, -0.25) is 9.59 Å². The summed E-state index contributed by atoms with van der Waals surface area (Å²) in [6.07, 6.45) is 1.76. The Bertz CT molecular complexity index is 1060. The summed E-state index contributed by atoms with van der Waals surface area (Å²) in [7, 11) is 1.56. The number of benzene rings is 1. The van der Waals surface area contributed by atoms with Crippen LogP contribution in [-0.2, 0) is 6.54 Å². The van der Waals surface area contributed by atoms with Gasteiger partial charge in [-0.1, -0.05) is 17.3 Å². The first-order chi connectivity index (χ1) is 13.1. The maximum atomic E-state index is 13.1. The third-order valence-corrected chi connectivity index (χ3v) is 4.85. The lowest BCUT2D eigenvalue weighted by Crippen LogP contribution is -2.38. The Labute approximate surface area is 155 Å². The fraction of sp³-hybridized carbons (Fsp3) is 0.389. The number of hydrogen-bond acceptors (Lipinski definition) is 6. The van der Waals surface area contributed by atoms with Gasteiger partial charge in [0.25, 0.3) is 11.5 Å². The molecule has 3 aromatic rings. The molecule has 0 radical (unpaired) electrons. The molecule has 0 saturated carbocycles. The van der Waals surface area contributed by atoms with Gasteiger partial charge >= 0.3 is 0 Å². The number of fused-ring (bicyclic) bond motifs is 1. The molecule has 2 aromatic heterocycles. The molecule has 9 nitrogen and oxygen atoms in total. The molecule has 9 heteroatoms. The van der Waals surface area contributed by atoms with E-state index in [0.29, 0.717) is 35.9 Å². The zero-order chi connectivity index (χ0) is 19.0. The van der Waals surface area contributed by atoms with E-state index >= 15 is 0 Å². The molecule has 0 aliphatic carbocycles. The minimum absolute atomic E-state index is 0.0475. The number of methoxy groups -OCH3 is 1. The maximum Gasteiger partial charge on any atom is 0.281 e. The van der Waals surface area contributed by atoms with Crippen molar-refractivity contribution in [2.75, 3.05) is 13.7 Å². The van der Waals surface area contributed by atoms with Gasteiger partial charge in [0, 0.05) is 6.54 Å². The van der Waals surface area contributed by atoms with E-state index < -0.39 is 0 Å². The lowest BCUT2D eigenvalue weighted by Gasteiger charge is -2.25. The fourth-order valence-electron chi connectivity index (χ4n) is 3.57. The number of nitrogens with zero attached hydrogens (tertiary/aromatic N) is 5. The number of aryl methyl sites for hydroxylation is 1. The molecule has 1 amide bonds. The summed E-state index contributed by atoms with van der Waals surface area (Å²) in [5.41, 5.74) is 0.881. The molecule has 1 fully saturated rings. The largest absolute Gasteiger partial charge is 0.496 e. The molecular weight excluding hydrogens is 348 g/mol. The van der Waals surface area contributed by atoms with E-state index in [9.17, 15) is 9.59 Å².